The number of ether oxygens (including phenoxy) is 2. The average Bonchev–Trinajstić information content (AvgIpc) is 2.49. The van der Waals surface area contributed by atoms with Crippen molar-refractivity contribution in [3.05, 3.63) is 29.8 Å². The summed E-state index contributed by atoms with van der Waals surface area (Å²) in [5.41, 5.74) is 0.792. The second-order valence-corrected chi connectivity index (χ2v) is 4.34. The SMILES string of the molecule is CCNC(=NCc1cccc(OC(F)F)c1)NCCOCC. The molecule has 0 aliphatic rings. The average molecular weight is 315 g/mol. The van der Waals surface area contributed by atoms with E-state index in [9.17, 15) is 8.78 Å². The zero-order valence-corrected chi connectivity index (χ0v) is 12.9. The van der Waals surface area contributed by atoms with Crippen LogP contribution in [0, 0.1) is 0 Å². The zero-order chi connectivity index (χ0) is 16.2. The molecule has 0 aliphatic heterocycles. The topological polar surface area (TPSA) is 54.9 Å². The van der Waals surface area contributed by atoms with Crippen molar-refractivity contribution < 1.29 is 18.3 Å². The van der Waals surface area contributed by atoms with Crippen molar-refractivity contribution in [2.45, 2.75) is 27.0 Å². The molecule has 0 aliphatic carbocycles. The Hall–Kier alpha value is -1.89. The number of aliphatic imine (C=N–C) groups is 1. The molecule has 7 heteroatoms. The fourth-order valence-corrected chi connectivity index (χ4v) is 1.72. The summed E-state index contributed by atoms with van der Waals surface area (Å²) in [5.74, 6) is 0.791. The molecule has 1 aromatic rings. The van der Waals surface area contributed by atoms with Gasteiger partial charge in [-0.1, -0.05) is 12.1 Å². The molecule has 0 saturated heterocycles. The molecule has 0 amide bonds. The van der Waals surface area contributed by atoms with E-state index in [1.54, 1.807) is 12.1 Å². The summed E-state index contributed by atoms with van der Waals surface area (Å²) < 4.78 is 34.0. The first-order valence-electron chi connectivity index (χ1n) is 7.29. The van der Waals surface area contributed by atoms with Crippen LogP contribution in [-0.2, 0) is 11.3 Å². The number of alkyl halides is 2. The van der Waals surface area contributed by atoms with Gasteiger partial charge in [-0.2, -0.15) is 8.78 Å². The van der Waals surface area contributed by atoms with Gasteiger partial charge in [0.2, 0.25) is 0 Å². The Kier molecular flexibility index (Phi) is 8.90. The molecule has 0 atom stereocenters. The van der Waals surface area contributed by atoms with Gasteiger partial charge in [0.1, 0.15) is 5.75 Å². The maximum Gasteiger partial charge on any atom is 0.387 e. The zero-order valence-electron chi connectivity index (χ0n) is 12.9. The second-order valence-electron chi connectivity index (χ2n) is 4.34. The highest BCUT2D eigenvalue weighted by Gasteiger charge is 2.04. The highest BCUT2D eigenvalue weighted by Crippen LogP contribution is 2.16. The van der Waals surface area contributed by atoms with Gasteiger partial charge in [0, 0.05) is 19.7 Å². The van der Waals surface area contributed by atoms with E-state index in [0.717, 1.165) is 12.1 Å². The lowest BCUT2D eigenvalue weighted by molar-refractivity contribution is -0.0498. The number of hydrogen-bond acceptors (Lipinski definition) is 3. The van der Waals surface area contributed by atoms with Crippen LogP contribution in [-0.4, -0.2) is 38.9 Å². The molecule has 0 saturated carbocycles. The minimum Gasteiger partial charge on any atom is -0.435 e. The Balaban J connectivity index is 2.57. The monoisotopic (exact) mass is 315 g/mol. The largest absolute Gasteiger partial charge is 0.435 e. The first-order valence-corrected chi connectivity index (χ1v) is 7.29. The highest BCUT2D eigenvalue weighted by molar-refractivity contribution is 5.79. The molecular weight excluding hydrogens is 292 g/mol. The molecule has 5 nitrogen and oxygen atoms in total. The van der Waals surface area contributed by atoms with Crippen LogP contribution in [0.3, 0.4) is 0 Å². The van der Waals surface area contributed by atoms with Crippen molar-refractivity contribution in [1.82, 2.24) is 10.6 Å². The first kappa shape index (κ1) is 18.2. The third-order valence-corrected chi connectivity index (χ3v) is 2.63. The predicted octanol–water partition coefficient (Wildman–Crippen LogP) is 2.38. The Morgan fingerprint density at radius 1 is 1.27 bits per heavy atom. The quantitative estimate of drug-likeness (QED) is 0.417. The van der Waals surface area contributed by atoms with Crippen LogP contribution in [0.2, 0.25) is 0 Å². The van der Waals surface area contributed by atoms with Crippen molar-refractivity contribution in [1.29, 1.82) is 0 Å². The molecule has 22 heavy (non-hydrogen) atoms. The molecule has 124 valence electrons. The Labute approximate surface area is 129 Å². The lowest BCUT2D eigenvalue weighted by Crippen LogP contribution is -2.39. The van der Waals surface area contributed by atoms with Crippen molar-refractivity contribution in [2.24, 2.45) is 4.99 Å². The molecule has 0 radical (unpaired) electrons. The number of benzene rings is 1. The summed E-state index contributed by atoms with van der Waals surface area (Å²) in [6, 6.07) is 6.52. The van der Waals surface area contributed by atoms with Crippen molar-refractivity contribution >= 4 is 5.96 Å². The summed E-state index contributed by atoms with van der Waals surface area (Å²) in [4.78, 5) is 4.40. The summed E-state index contributed by atoms with van der Waals surface area (Å²) in [6.07, 6.45) is 0. The maximum absolute atomic E-state index is 12.2. The third-order valence-electron chi connectivity index (χ3n) is 2.63. The van der Waals surface area contributed by atoms with E-state index in [2.05, 4.69) is 20.4 Å². The van der Waals surface area contributed by atoms with Crippen LogP contribution in [0.4, 0.5) is 8.78 Å². The van der Waals surface area contributed by atoms with Crippen molar-refractivity contribution in [2.75, 3.05) is 26.3 Å². The highest BCUT2D eigenvalue weighted by atomic mass is 19.3. The van der Waals surface area contributed by atoms with Gasteiger partial charge < -0.3 is 20.1 Å². The van der Waals surface area contributed by atoms with E-state index in [1.807, 2.05) is 19.9 Å². The molecule has 1 aromatic carbocycles. The van der Waals surface area contributed by atoms with Crippen LogP contribution < -0.4 is 15.4 Å². The van der Waals surface area contributed by atoms with Gasteiger partial charge in [0.05, 0.1) is 13.2 Å². The molecule has 0 spiro atoms. The molecule has 2 N–H and O–H groups in total. The van der Waals surface area contributed by atoms with Crippen LogP contribution >= 0.6 is 0 Å². The molecular formula is C15H23F2N3O2. The summed E-state index contributed by atoms with van der Waals surface area (Å²) >= 11 is 0. The minimum absolute atomic E-state index is 0.136. The molecule has 0 fully saturated rings. The molecule has 0 aromatic heterocycles. The second kappa shape index (κ2) is 10.8. The number of halogens is 2. The number of rotatable bonds is 9. The van der Waals surface area contributed by atoms with Gasteiger partial charge in [0.25, 0.3) is 0 Å². The third kappa shape index (κ3) is 7.78. The van der Waals surface area contributed by atoms with Crippen LogP contribution in [0.1, 0.15) is 19.4 Å². The number of nitrogens with one attached hydrogen (secondary N) is 2. The minimum atomic E-state index is -2.82. The number of hydrogen-bond donors (Lipinski definition) is 2. The lowest BCUT2D eigenvalue weighted by Gasteiger charge is -2.11. The van der Waals surface area contributed by atoms with Gasteiger partial charge in [-0.05, 0) is 31.5 Å². The van der Waals surface area contributed by atoms with Gasteiger partial charge in [-0.3, -0.25) is 0 Å². The summed E-state index contributed by atoms with van der Waals surface area (Å²) in [7, 11) is 0. The predicted molar refractivity (Wildman–Crippen MR) is 82.4 cm³/mol. The first-order chi connectivity index (χ1) is 10.7. The number of nitrogens with zero attached hydrogens (tertiary/aromatic N) is 1. The summed E-state index contributed by atoms with van der Waals surface area (Å²) in [6.45, 7) is 4.10. The fraction of sp³-hybridized carbons (Fsp3) is 0.533. The van der Waals surface area contributed by atoms with E-state index in [4.69, 9.17) is 4.74 Å². The van der Waals surface area contributed by atoms with Crippen LogP contribution in [0.5, 0.6) is 5.75 Å². The van der Waals surface area contributed by atoms with E-state index in [0.29, 0.717) is 32.3 Å². The van der Waals surface area contributed by atoms with E-state index >= 15 is 0 Å². The standard InChI is InChI=1S/C15H23F2N3O2/c1-3-18-15(19-8-9-21-4-2)20-11-12-6-5-7-13(10-12)22-14(16)17/h5-7,10,14H,3-4,8-9,11H2,1-2H3,(H2,18,19,20). The Morgan fingerprint density at radius 2 is 2.09 bits per heavy atom. The Morgan fingerprint density at radius 3 is 2.77 bits per heavy atom. The van der Waals surface area contributed by atoms with Gasteiger partial charge in [-0.25, -0.2) is 4.99 Å². The van der Waals surface area contributed by atoms with Gasteiger partial charge in [0.15, 0.2) is 5.96 Å². The van der Waals surface area contributed by atoms with Gasteiger partial charge in [-0.15, -0.1) is 0 Å². The molecule has 1 rings (SSSR count). The normalized spacial score (nSPS) is 11.6. The summed E-state index contributed by atoms with van der Waals surface area (Å²) in [5, 5.41) is 6.24. The number of guanidine groups is 1. The van der Waals surface area contributed by atoms with E-state index in [1.165, 1.54) is 6.07 Å². The lowest BCUT2D eigenvalue weighted by atomic mass is 10.2. The van der Waals surface area contributed by atoms with Crippen molar-refractivity contribution in [3.63, 3.8) is 0 Å². The van der Waals surface area contributed by atoms with E-state index < -0.39 is 6.61 Å². The molecule has 0 heterocycles. The molecule has 0 unspecified atom stereocenters. The maximum atomic E-state index is 12.2. The smallest absolute Gasteiger partial charge is 0.387 e. The molecule has 0 bridgehead atoms. The van der Waals surface area contributed by atoms with E-state index in [-0.39, 0.29) is 5.75 Å². The van der Waals surface area contributed by atoms with Crippen molar-refractivity contribution in [3.8, 4) is 5.75 Å². The fourth-order valence-electron chi connectivity index (χ4n) is 1.72. The Bertz CT molecular complexity index is 456. The van der Waals surface area contributed by atoms with Crippen LogP contribution in [0.25, 0.3) is 0 Å². The van der Waals surface area contributed by atoms with Gasteiger partial charge >= 0.3 is 6.61 Å². The van der Waals surface area contributed by atoms with Crippen LogP contribution in [0.15, 0.2) is 29.3 Å².